The van der Waals surface area contributed by atoms with Crippen LogP contribution in [0, 0.1) is 17.0 Å². The van der Waals surface area contributed by atoms with E-state index in [1.165, 1.54) is 17.7 Å². The van der Waals surface area contributed by atoms with Gasteiger partial charge in [0.15, 0.2) is 8.32 Å². The van der Waals surface area contributed by atoms with E-state index in [2.05, 4.69) is 67.6 Å². The zero-order chi connectivity index (χ0) is 31.6. The molecular weight excluding hydrogens is 561 g/mol. The second kappa shape index (κ2) is 11.4. The first-order valence-electron chi connectivity index (χ1n) is 15.8. The summed E-state index contributed by atoms with van der Waals surface area (Å²) in [7, 11) is -4.44. The van der Waals surface area contributed by atoms with Crippen molar-refractivity contribution in [2.75, 3.05) is 0 Å². The normalized spacial score (nSPS) is 20.1. The van der Waals surface area contributed by atoms with Gasteiger partial charge < -0.3 is 9.53 Å². The first-order chi connectivity index (χ1) is 19.1. The number of aromatic nitrogens is 1. The van der Waals surface area contributed by atoms with Crippen LogP contribution in [0.25, 0.3) is 5.57 Å². The maximum atomic E-state index is 15.5. The Labute approximate surface area is 255 Å². The molecule has 7 heteroatoms. The summed E-state index contributed by atoms with van der Waals surface area (Å²) in [4.78, 5) is 5.30. The lowest BCUT2D eigenvalue weighted by atomic mass is 9.71. The molecule has 2 aromatic rings. The Morgan fingerprint density at radius 1 is 1.05 bits per heavy atom. The fourth-order valence-corrected chi connectivity index (χ4v) is 9.37. The van der Waals surface area contributed by atoms with E-state index in [9.17, 15) is 5.11 Å². The SMILES string of the molecule is CC(C)c1nc2c(c(C3=CCCC3)c1[C@H](O)c1cc(F)c([Si](C)(C)C)c(F)c1)[C@@H](O[Si](C)(C)C(C)(C)C)CC(C)(C)C2. The van der Waals surface area contributed by atoms with Crippen molar-refractivity contribution < 1.29 is 18.3 Å². The van der Waals surface area contributed by atoms with E-state index in [0.717, 1.165) is 54.6 Å². The number of allylic oxidation sites excluding steroid dienone is 2. The molecule has 1 aromatic heterocycles. The fraction of sp³-hybridized carbons (Fsp3) is 0.629. The Kier molecular flexibility index (Phi) is 8.98. The van der Waals surface area contributed by atoms with Gasteiger partial charge in [-0.25, -0.2) is 8.78 Å². The maximum Gasteiger partial charge on any atom is 0.192 e. The Hall–Kier alpha value is -1.68. The van der Waals surface area contributed by atoms with E-state index in [1.54, 1.807) is 0 Å². The average molecular weight is 614 g/mol. The first-order valence-corrected chi connectivity index (χ1v) is 22.2. The zero-order valence-electron chi connectivity index (χ0n) is 28.1. The second-order valence-electron chi connectivity index (χ2n) is 16.3. The summed E-state index contributed by atoms with van der Waals surface area (Å²) in [5.41, 5.74) is 6.10. The topological polar surface area (TPSA) is 42.4 Å². The van der Waals surface area contributed by atoms with Gasteiger partial charge in [-0.2, -0.15) is 0 Å². The van der Waals surface area contributed by atoms with Crippen LogP contribution in [0.4, 0.5) is 8.78 Å². The molecule has 0 amide bonds. The van der Waals surface area contributed by atoms with Crippen LogP contribution in [0.5, 0.6) is 0 Å². The lowest BCUT2D eigenvalue weighted by molar-refractivity contribution is 0.105. The molecule has 1 aromatic carbocycles. The number of benzene rings is 1. The van der Waals surface area contributed by atoms with Gasteiger partial charge >= 0.3 is 0 Å². The van der Waals surface area contributed by atoms with Crippen molar-refractivity contribution in [3.8, 4) is 0 Å². The number of nitrogens with zero attached hydrogens (tertiary/aromatic N) is 1. The molecule has 1 N–H and O–H groups in total. The van der Waals surface area contributed by atoms with Gasteiger partial charge in [-0.05, 0) is 90.4 Å². The van der Waals surface area contributed by atoms with E-state index in [0.29, 0.717) is 5.56 Å². The third kappa shape index (κ3) is 6.40. The molecule has 0 radical (unpaired) electrons. The number of hydrogen-bond acceptors (Lipinski definition) is 3. The molecule has 0 saturated carbocycles. The van der Waals surface area contributed by atoms with Crippen molar-refractivity contribution in [2.24, 2.45) is 5.41 Å². The predicted molar refractivity (Wildman–Crippen MR) is 177 cm³/mol. The van der Waals surface area contributed by atoms with Crippen LogP contribution in [0.15, 0.2) is 18.2 Å². The average Bonchev–Trinajstić information content (AvgIpc) is 3.34. The van der Waals surface area contributed by atoms with E-state index >= 15 is 8.78 Å². The van der Waals surface area contributed by atoms with Gasteiger partial charge in [0, 0.05) is 27.7 Å². The number of aliphatic hydroxyl groups excluding tert-OH is 1. The van der Waals surface area contributed by atoms with Crippen molar-refractivity contribution in [1.29, 1.82) is 0 Å². The molecule has 2 aliphatic carbocycles. The van der Waals surface area contributed by atoms with Gasteiger partial charge in [0.05, 0.1) is 14.2 Å². The molecule has 2 atom stereocenters. The summed E-state index contributed by atoms with van der Waals surface area (Å²) in [5.74, 6) is -1.12. The van der Waals surface area contributed by atoms with Gasteiger partial charge in [-0.3, -0.25) is 4.98 Å². The molecule has 0 fully saturated rings. The predicted octanol–water partition coefficient (Wildman–Crippen LogP) is 9.71. The Morgan fingerprint density at radius 3 is 2.12 bits per heavy atom. The smallest absolute Gasteiger partial charge is 0.192 e. The van der Waals surface area contributed by atoms with E-state index in [-0.39, 0.29) is 33.2 Å². The van der Waals surface area contributed by atoms with Crippen molar-refractivity contribution in [1.82, 2.24) is 4.98 Å². The minimum absolute atomic E-state index is 0.00166. The van der Waals surface area contributed by atoms with E-state index < -0.39 is 34.1 Å². The summed E-state index contributed by atoms with van der Waals surface area (Å²) in [6, 6.07) is 2.70. The number of rotatable bonds is 7. The quantitative estimate of drug-likeness (QED) is 0.316. The zero-order valence-corrected chi connectivity index (χ0v) is 30.1. The lowest BCUT2D eigenvalue weighted by Gasteiger charge is -2.45. The van der Waals surface area contributed by atoms with Crippen molar-refractivity contribution in [2.45, 2.75) is 136 Å². The number of halogens is 2. The van der Waals surface area contributed by atoms with E-state index in [4.69, 9.17) is 9.41 Å². The molecule has 0 unspecified atom stereocenters. The third-order valence-electron chi connectivity index (χ3n) is 9.64. The molecule has 4 rings (SSSR count). The highest BCUT2D eigenvalue weighted by molar-refractivity contribution is 6.88. The van der Waals surface area contributed by atoms with Crippen LogP contribution in [-0.4, -0.2) is 26.5 Å². The Balaban J connectivity index is 2.03. The van der Waals surface area contributed by atoms with Gasteiger partial charge in [0.25, 0.3) is 0 Å². The van der Waals surface area contributed by atoms with Gasteiger partial charge in [0.1, 0.15) is 17.7 Å². The minimum atomic E-state index is -2.27. The maximum absolute atomic E-state index is 15.5. The molecule has 0 spiro atoms. The van der Waals surface area contributed by atoms with Crippen LogP contribution < -0.4 is 5.19 Å². The van der Waals surface area contributed by atoms with Crippen LogP contribution in [0.2, 0.25) is 37.8 Å². The number of hydrogen-bond donors (Lipinski definition) is 1. The number of aliphatic hydroxyl groups is 1. The lowest BCUT2D eigenvalue weighted by Crippen LogP contribution is -2.44. The monoisotopic (exact) mass is 613 g/mol. The number of pyridine rings is 1. The van der Waals surface area contributed by atoms with Crippen molar-refractivity contribution >= 4 is 27.2 Å². The van der Waals surface area contributed by atoms with Gasteiger partial charge in [-0.15, -0.1) is 0 Å². The van der Waals surface area contributed by atoms with Crippen molar-refractivity contribution in [3.63, 3.8) is 0 Å². The summed E-state index contributed by atoms with van der Waals surface area (Å²) < 4.78 is 38.2. The van der Waals surface area contributed by atoms with Crippen LogP contribution in [-0.2, 0) is 10.8 Å². The van der Waals surface area contributed by atoms with Crippen LogP contribution in [0.3, 0.4) is 0 Å². The Bertz CT molecular complexity index is 1360. The van der Waals surface area contributed by atoms with E-state index in [1.807, 2.05) is 19.6 Å². The Morgan fingerprint density at radius 2 is 1.64 bits per heavy atom. The molecule has 42 heavy (non-hydrogen) atoms. The molecule has 1 heterocycles. The van der Waals surface area contributed by atoms with Gasteiger partial charge in [0.2, 0.25) is 0 Å². The summed E-state index contributed by atoms with van der Waals surface area (Å²) in [6.07, 6.45) is 5.53. The molecule has 0 bridgehead atoms. The van der Waals surface area contributed by atoms with Crippen LogP contribution >= 0.6 is 0 Å². The second-order valence-corrected chi connectivity index (χ2v) is 26.1. The molecule has 0 saturated heterocycles. The summed E-state index contributed by atoms with van der Waals surface area (Å²) in [5, 5.41) is 12.3. The first kappa shape index (κ1) is 33.2. The van der Waals surface area contributed by atoms with Crippen LogP contribution in [0.1, 0.15) is 126 Å². The highest BCUT2D eigenvalue weighted by Crippen LogP contribution is 2.52. The molecule has 0 aliphatic heterocycles. The standard InChI is InChI=1S/C35H53F2NO2Si2/c1-21(2)31-30(32(39)23-17-24(36)33(25(37)18-23)41(8,9)10)28(22-15-13-14-16-22)29-26(38-31)19-35(6,7)20-27(29)40-42(11,12)34(3,4)5/h15,17-18,21,27,32,39H,13-14,16,19-20H2,1-12H3/t27-,32+/m0/s1. The molecule has 2 aliphatic rings. The fourth-order valence-electron chi connectivity index (χ4n) is 6.52. The summed E-state index contributed by atoms with van der Waals surface area (Å²) >= 11 is 0. The number of fused-ring (bicyclic) bond motifs is 1. The molecular formula is C35H53F2NO2Si2. The van der Waals surface area contributed by atoms with Gasteiger partial charge in [-0.1, -0.05) is 74.2 Å². The molecule has 232 valence electrons. The largest absolute Gasteiger partial charge is 0.410 e. The molecule has 3 nitrogen and oxygen atoms in total. The summed E-state index contributed by atoms with van der Waals surface area (Å²) in [6.45, 7) is 25.9. The third-order valence-corrected chi connectivity index (χ3v) is 16.1. The highest BCUT2D eigenvalue weighted by Gasteiger charge is 2.45. The highest BCUT2D eigenvalue weighted by atomic mass is 28.4. The van der Waals surface area contributed by atoms with Crippen molar-refractivity contribution in [3.05, 3.63) is 63.5 Å². The minimum Gasteiger partial charge on any atom is -0.410 e.